The van der Waals surface area contributed by atoms with Crippen LogP contribution in [-0.2, 0) is 14.5 Å². The molecule has 128 valence electrons. The van der Waals surface area contributed by atoms with Gasteiger partial charge in [0.15, 0.2) is 0 Å². The second-order valence-electron chi connectivity index (χ2n) is 8.54. The van der Waals surface area contributed by atoms with Crippen LogP contribution < -0.4 is 0 Å². The number of ether oxygens (including phenoxy) is 1. The van der Waals surface area contributed by atoms with Gasteiger partial charge in [0.25, 0.3) is 0 Å². The molecule has 1 atom stereocenters. The lowest BCUT2D eigenvalue weighted by Crippen LogP contribution is -2.64. The highest BCUT2D eigenvalue weighted by Crippen LogP contribution is 2.61. The molecule has 1 saturated heterocycles. The van der Waals surface area contributed by atoms with E-state index < -0.39 is 11.4 Å². The van der Waals surface area contributed by atoms with Crippen molar-refractivity contribution in [2.24, 2.45) is 23.7 Å². The minimum Gasteiger partial charge on any atom is -0.343 e. The Morgan fingerprint density at radius 3 is 2.17 bits per heavy atom. The van der Waals surface area contributed by atoms with Crippen LogP contribution in [0.2, 0.25) is 0 Å². The van der Waals surface area contributed by atoms with Crippen molar-refractivity contribution < 1.29 is 14.5 Å². The fraction of sp³-hybridized carbons (Fsp3) is 0.619. The van der Waals surface area contributed by atoms with E-state index >= 15 is 0 Å². The molecule has 0 N–H and O–H groups in total. The van der Waals surface area contributed by atoms with Crippen molar-refractivity contribution in [2.75, 3.05) is 6.61 Å². The first-order chi connectivity index (χ1) is 11.7. The maximum atomic E-state index is 6.45. The zero-order valence-electron chi connectivity index (χ0n) is 14.3. The van der Waals surface area contributed by atoms with Gasteiger partial charge in [-0.3, -0.25) is 0 Å². The summed E-state index contributed by atoms with van der Waals surface area (Å²) in [5, 5.41) is 0. The van der Waals surface area contributed by atoms with Crippen LogP contribution in [0.1, 0.15) is 44.6 Å². The van der Waals surface area contributed by atoms with Crippen molar-refractivity contribution in [2.45, 2.75) is 50.4 Å². The third-order valence-corrected chi connectivity index (χ3v) is 6.65. The zero-order chi connectivity index (χ0) is 16.2. The molecule has 1 aromatic rings. The van der Waals surface area contributed by atoms with Gasteiger partial charge in [0, 0.05) is 11.8 Å². The smallest absolute Gasteiger partial charge is 0.207 e. The summed E-state index contributed by atoms with van der Waals surface area (Å²) in [5.74, 6) is 2.38. The average molecular weight is 326 g/mol. The summed E-state index contributed by atoms with van der Waals surface area (Å²) in [6.07, 6.45) is 10.6. The Kier molecular flexibility index (Phi) is 3.41. The molecule has 0 aromatic heterocycles. The quantitative estimate of drug-likeness (QED) is 0.744. The SMILES string of the molecule is CC1(/C=C/c2ccccc2)COC2(OO1)C1CC3CC(C1)CC2C3. The van der Waals surface area contributed by atoms with E-state index in [0.29, 0.717) is 18.4 Å². The van der Waals surface area contributed by atoms with E-state index in [1.807, 2.05) is 25.1 Å². The van der Waals surface area contributed by atoms with Crippen LogP contribution in [0.4, 0.5) is 0 Å². The van der Waals surface area contributed by atoms with Crippen molar-refractivity contribution in [3.63, 3.8) is 0 Å². The topological polar surface area (TPSA) is 27.7 Å². The zero-order valence-corrected chi connectivity index (χ0v) is 14.3. The summed E-state index contributed by atoms with van der Waals surface area (Å²) >= 11 is 0. The number of hydrogen-bond donors (Lipinski definition) is 0. The molecule has 1 heterocycles. The van der Waals surface area contributed by atoms with Crippen LogP contribution in [0.5, 0.6) is 0 Å². The highest BCUT2D eigenvalue weighted by atomic mass is 17.2. The van der Waals surface area contributed by atoms with Crippen molar-refractivity contribution in [1.82, 2.24) is 0 Å². The molecule has 1 aliphatic heterocycles. The highest BCUT2D eigenvalue weighted by Gasteiger charge is 2.62. The van der Waals surface area contributed by atoms with E-state index in [-0.39, 0.29) is 0 Å². The Labute approximate surface area is 143 Å². The molecule has 4 bridgehead atoms. The van der Waals surface area contributed by atoms with Crippen molar-refractivity contribution in [1.29, 1.82) is 0 Å². The van der Waals surface area contributed by atoms with Gasteiger partial charge in [0.1, 0.15) is 5.60 Å². The maximum absolute atomic E-state index is 6.45. The standard InChI is InChI=1S/C21H26O3/c1-20(8-7-15-5-3-2-4-6-15)14-22-21(24-23-20)18-10-16-9-17(12-18)13-19(21)11-16/h2-8,16-19H,9-14H2,1H3/b8-7+. The second kappa shape index (κ2) is 5.42. The van der Waals surface area contributed by atoms with Gasteiger partial charge in [-0.05, 0) is 62.5 Å². The molecule has 6 rings (SSSR count). The Morgan fingerprint density at radius 1 is 0.917 bits per heavy atom. The molecule has 1 unspecified atom stereocenters. The van der Waals surface area contributed by atoms with Crippen molar-refractivity contribution in [3.8, 4) is 0 Å². The van der Waals surface area contributed by atoms with E-state index in [2.05, 4.69) is 24.3 Å². The normalized spacial score (nSPS) is 46.9. The number of rotatable bonds is 2. The van der Waals surface area contributed by atoms with Crippen LogP contribution in [0.3, 0.4) is 0 Å². The summed E-state index contributed by atoms with van der Waals surface area (Å²) in [4.78, 5) is 12.0. The molecule has 1 spiro atoms. The van der Waals surface area contributed by atoms with Gasteiger partial charge in [-0.2, -0.15) is 4.89 Å². The Bertz CT molecular complexity index is 598. The minimum absolute atomic E-state index is 0.465. The summed E-state index contributed by atoms with van der Waals surface area (Å²) in [6.45, 7) is 2.61. The largest absolute Gasteiger partial charge is 0.343 e. The van der Waals surface area contributed by atoms with Crippen LogP contribution in [0.15, 0.2) is 36.4 Å². The Morgan fingerprint density at radius 2 is 1.58 bits per heavy atom. The predicted molar refractivity (Wildman–Crippen MR) is 91.8 cm³/mol. The van der Waals surface area contributed by atoms with Crippen LogP contribution in [0.25, 0.3) is 6.08 Å². The van der Waals surface area contributed by atoms with Crippen LogP contribution in [0, 0.1) is 23.7 Å². The average Bonchev–Trinajstić information content (AvgIpc) is 2.60. The predicted octanol–water partition coefficient (Wildman–Crippen LogP) is 4.59. The summed E-state index contributed by atoms with van der Waals surface area (Å²) in [5.41, 5.74) is 0.646. The van der Waals surface area contributed by atoms with Crippen LogP contribution in [-0.4, -0.2) is 18.0 Å². The van der Waals surface area contributed by atoms with Gasteiger partial charge < -0.3 is 4.74 Å². The van der Waals surface area contributed by atoms with Gasteiger partial charge >= 0.3 is 0 Å². The summed E-state index contributed by atoms with van der Waals surface area (Å²) in [7, 11) is 0. The molecule has 4 saturated carbocycles. The first kappa shape index (κ1) is 15.1. The molecule has 24 heavy (non-hydrogen) atoms. The minimum atomic E-state index is -0.518. The van der Waals surface area contributed by atoms with E-state index in [1.54, 1.807) is 0 Å². The monoisotopic (exact) mass is 326 g/mol. The fourth-order valence-corrected chi connectivity index (χ4v) is 5.59. The molecule has 4 aliphatic carbocycles. The van der Waals surface area contributed by atoms with Gasteiger partial charge in [-0.25, -0.2) is 4.89 Å². The van der Waals surface area contributed by atoms with E-state index in [0.717, 1.165) is 17.4 Å². The first-order valence-corrected chi connectivity index (χ1v) is 9.40. The summed E-state index contributed by atoms with van der Waals surface area (Å²) in [6, 6.07) is 10.3. The lowest BCUT2D eigenvalue weighted by atomic mass is 9.53. The first-order valence-electron chi connectivity index (χ1n) is 9.40. The Hall–Kier alpha value is -1.16. The second-order valence-corrected chi connectivity index (χ2v) is 8.54. The number of hydrogen-bond acceptors (Lipinski definition) is 3. The third-order valence-electron chi connectivity index (χ3n) is 6.65. The number of benzene rings is 1. The lowest BCUT2D eigenvalue weighted by Gasteiger charge is -2.61. The molecule has 5 fully saturated rings. The maximum Gasteiger partial charge on any atom is 0.207 e. The van der Waals surface area contributed by atoms with Crippen molar-refractivity contribution >= 4 is 6.08 Å². The molecule has 1 aromatic carbocycles. The molecule has 0 amide bonds. The third kappa shape index (κ3) is 2.37. The molecule has 5 aliphatic rings. The van der Waals surface area contributed by atoms with Crippen LogP contribution >= 0.6 is 0 Å². The Balaban J connectivity index is 1.31. The van der Waals surface area contributed by atoms with E-state index in [1.165, 1.54) is 32.1 Å². The fourth-order valence-electron chi connectivity index (χ4n) is 5.59. The molecular formula is C21H26O3. The van der Waals surface area contributed by atoms with E-state index in [4.69, 9.17) is 14.5 Å². The van der Waals surface area contributed by atoms with Gasteiger partial charge in [0.2, 0.25) is 5.79 Å². The molecular weight excluding hydrogens is 300 g/mol. The van der Waals surface area contributed by atoms with Gasteiger partial charge in [-0.1, -0.05) is 36.4 Å². The van der Waals surface area contributed by atoms with Gasteiger partial charge in [0.05, 0.1) is 6.61 Å². The summed E-state index contributed by atoms with van der Waals surface area (Å²) < 4.78 is 6.45. The highest BCUT2D eigenvalue weighted by molar-refractivity contribution is 5.50. The lowest BCUT2D eigenvalue weighted by molar-refractivity contribution is -0.536. The molecule has 3 nitrogen and oxygen atoms in total. The van der Waals surface area contributed by atoms with Crippen molar-refractivity contribution in [3.05, 3.63) is 42.0 Å². The molecule has 3 heteroatoms. The van der Waals surface area contributed by atoms with Gasteiger partial charge in [-0.15, -0.1) is 0 Å². The molecule has 0 radical (unpaired) electrons. The van der Waals surface area contributed by atoms with E-state index in [9.17, 15) is 0 Å².